The molecule has 1 unspecified atom stereocenters. The summed E-state index contributed by atoms with van der Waals surface area (Å²) >= 11 is 0. The number of nitrogens with zero attached hydrogens (tertiary/aromatic N) is 1. The maximum Gasteiger partial charge on any atom is 0.225 e. The van der Waals surface area contributed by atoms with Gasteiger partial charge in [-0.2, -0.15) is 0 Å². The summed E-state index contributed by atoms with van der Waals surface area (Å²) in [6.45, 7) is 4.78. The zero-order valence-corrected chi connectivity index (χ0v) is 16.4. The molecule has 1 heterocycles. The molecule has 1 radical (unpaired) electrons. The molecule has 2 aromatic rings. The molecule has 1 aliphatic rings. The molecule has 0 aromatic heterocycles. The lowest BCUT2D eigenvalue weighted by Crippen LogP contribution is -2.43. The molecule has 147 valence electrons. The number of ether oxygens (including phenoxy) is 1. The summed E-state index contributed by atoms with van der Waals surface area (Å²) in [5.74, 6) is 2.88. The van der Waals surface area contributed by atoms with Crippen LogP contribution >= 0.6 is 0 Å². The Balaban J connectivity index is 0.00000300. The maximum absolute atomic E-state index is 12.9. The molecular weight excluding hydrogens is 350 g/mol. The van der Waals surface area contributed by atoms with E-state index in [1.165, 1.54) is 5.56 Å². The molecule has 2 aromatic carbocycles. The van der Waals surface area contributed by atoms with Crippen molar-refractivity contribution in [2.45, 2.75) is 32.6 Å². The van der Waals surface area contributed by atoms with E-state index >= 15 is 0 Å². The van der Waals surface area contributed by atoms with E-state index in [4.69, 9.17) is 11.2 Å². The van der Waals surface area contributed by atoms with Crippen molar-refractivity contribution in [1.29, 1.82) is 0 Å². The van der Waals surface area contributed by atoms with Crippen LogP contribution < -0.4 is 0 Å². The third-order valence-corrected chi connectivity index (χ3v) is 5.49. The highest BCUT2D eigenvalue weighted by atomic mass is 16.5. The van der Waals surface area contributed by atoms with Gasteiger partial charge in [-0.1, -0.05) is 43.5 Å². The van der Waals surface area contributed by atoms with Crippen molar-refractivity contribution in [1.82, 2.24) is 4.90 Å². The Kier molecular flexibility index (Phi) is 6.84. The number of rotatable bonds is 7. The normalized spacial score (nSPS) is 15.2. The standard InChI is InChI=1S/C24H27NO3.H/c1-3-5-20(24(27)25-12-14-28-15-13-25)8-6-18-7-11-22-21(16-18)10-9-19(4-2)23(22)17-26;/h2,7,9-11,16-17,20H,3,5-6,8,12-15H2,1H3;. The predicted molar refractivity (Wildman–Crippen MR) is 113 cm³/mol. The monoisotopic (exact) mass is 378 g/mol. The average Bonchev–Trinajstić information content (AvgIpc) is 2.75. The van der Waals surface area contributed by atoms with E-state index in [9.17, 15) is 9.59 Å². The van der Waals surface area contributed by atoms with Gasteiger partial charge in [-0.15, -0.1) is 6.42 Å². The summed E-state index contributed by atoms with van der Waals surface area (Å²) in [4.78, 5) is 26.3. The van der Waals surface area contributed by atoms with Gasteiger partial charge in [-0.05, 0) is 41.7 Å². The van der Waals surface area contributed by atoms with Crippen LogP contribution in [-0.2, 0) is 16.0 Å². The molecule has 0 aliphatic carbocycles. The Morgan fingerprint density at radius 2 is 2.07 bits per heavy atom. The fourth-order valence-electron chi connectivity index (χ4n) is 3.93. The van der Waals surface area contributed by atoms with Crippen molar-refractivity contribution in [3.8, 4) is 12.3 Å². The first kappa shape index (κ1) is 20.1. The van der Waals surface area contributed by atoms with E-state index in [-0.39, 0.29) is 13.3 Å². The van der Waals surface area contributed by atoms with E-state index in [0.717, 1.165) is 42.7 Å². The van der Waals surface area contributed by atoms with Gasteiger partial charge in [0.15, 0.2) is 6.29 Å². The second-order valence-electron chi connectivity index (χ2n) is 7.31. The minimum Gasteiger partial charge on any atom is -0.378 e. The molecule has 1 aliphatic heterocycles. The molecule has 0 bridgehead atoms. The summed E-state index contributed by atoms with van der Waals surface area (Å²) < 4.78 is 5.36. The van der Waals surface area contributed by atoms with Crippen LogP contribution in [0.25, 0.3) is 10.8 Å². The Hall–Kier alpha value is -2.64. The zero-order chi connectivity index (χ0) is 19.9. The number of hydrogen-bond acceptors (Lipinski definition) is 3. The first-order chi connectivity index (χ1) is 13.7. The highest BCUT2D eigenvalue weighted by molar-refractivity contribution is 6.00. The van der Waals surface area contributed by atoms with E-state index in [0.29, 0.717) is 37.4 Å². The van der Waals surface area contributed by atoms with E-state index < -0.39 is 0 Å². The van der Waals surface area contributed by atoms with Crippen LogP contribution in [0.5, 0.6) is 0 Å². The lowest BCUT2D eigenvalue weighted by atomic mass is 9.92. The number of aryl methyl sites for hydroxylation is 1. The predicted octanol–water partition coefficient (Wildman–Crippen LogP) is 3.95. The Bertz CT molecular complexity index is 897. The lowest BCUT2D eigenvalue weighted by molar-refractivity contribution is -0.140. The number of amides is 1. The third-order valence-electron chi connectivity index (χ3n) is 5.49. The highest BCUT2D eigenvalue weighted by Crippen LogP contribution is 2.25. The third kappa shape index (κ3) is 4.43. The number of morpholine rings is 1. The van der Waals surface area contributed by atoms with Gasteiger partial charge in [0.1, 0.15) is 0 Å². The fourth-order valence-corrected chi connectivity index (χ4v) is 3.93. The van der Waals surface area contributed by atoms with Gasteiger partial charge in [0.2, 0.25) is 5.91 Å². The summed E-state index contributed by atoms with van der Waals surface area (Å²) in [5, 5.41) is 1.88. The first-order valence-corrected chi connectivity index (χ1v) is 10.0. The van der Waals surface area contributed by atoms with Crippen molar-refractivity contribution in [3.05, 3.63) is 47.0 Å². The molecule has 28 heavy (non-hydrogen) atoms. The number of carbonyl (C=O) groups is 2. The number of terminal acetylenes is 1. The molecule has 0 spiro atoms. The number of hydrogen-bond donors (Lipinski definition) is 0. The molecule has 3 rings (SSSR count). The quantitative estimate of drug-likeness (QED) is 0.541. The van der Waals surface area contributed by atoms with Crippen LogP contribution in [0.1, 0.15) is 49.1 Å². The van der Waals surface area contributed by atoms with Gasteiger partial charge in [0.25, 0.3) is 0 Å². The summed E-state index contributed by atoms with van der Waals surface area (Å²) in [5.41, 5.74) is 2.36. The van der Waals surface area contributed by atoms with Gasteiger partial charge in [0.05, 0.1) is 13.2 Å². The average molecular weight is 378 g/mol. The van der Waals surface area contributed by atoms with Crippen molar-refractivity contribution in [3.63, 3.8) is 0 Å². The van der Waals surface area contributed by atoms with E-state index in [1.807, 2.05) is 29.2 Å². The zero-order valence-electron chi connectivity index (χ0n) is 17.4. The summed E-state index contributed by atoms with van der Waals surface area (Å²) in [7, 11) is 0. The number of carbonyl (C=O) groups excluding carboxylic acids is 2. The molecule has 1 atom stereocenters. The smallest absolute Gasteiger partial charge is 0.225 e. The van der Waals surface area contributed by atoms with Gasteiger partial charge in [-0.3, -0.25) is 9.59 Å². The second kappa shape index (κ2) is 9.52. The van der Waals surface area contributed by atoms with Crippen LogP contribution in [0, 0.1) is 18.3 Å². The topological polar surface area (TPSA) is 46.6 Å². The van der Waals surface area contributed by atoms with Crippen LogP contribution in [0.4, 0.5) is 0 Å². The second-order valence-corrected chi connectivity index (χ2v) is 7.31. The highest BCUT2D eigenvalue weighted by Gasteiger charge is 2.25. The van der Waals surface area contributed by atoms with Crippen molar-refractivity contribution in [2.75, 3.05) is 26.3 Å². The molecule has 1 saturated heterocycles. The first-order valence-electron chi connectivity index (χ1n) is 10.0. The van der Waals surface area contributed by atoms with Crippen molar-refractivity contribution >= 4 is 23.0 Å². The maximum atomic E-state index is 12.9. The van der Waals surface area contributed by atoms with Gasteiger partial charge in [-0.25, -0.2) is 0 Å². The molecule has 4 heteroatoms. The molecule has 1 amide bonds. The van der Waals surface area contributed by atoms with Crippen molar-refractivity contribution in [2.24, 2.45) is 5.92 Å². The van der Waals surface area contributed by atoms with Crippen LogP contribution in [0.2, 0.25) is 0 Å². The number of aldehydes is 1. The minimum atomic E-state index is 0. The Morgan fingerprint density at radius 3 is 2.75 bits per heavy atom. The molecule has 1 fully saturated rings. The Morgan fingerprint density at radius 1 is 1.29 bits per heavy atom. The van der Waals surface area contributed by atoms with Gasteiger partial charge < -0.3 is 9.64 Å². The lowest BCUT2D eigenvalue weighted by Gasteiger charge is -2.30. The van der Waals surface area contributed by atoms with Gasteiger partial charge in [0, 0.05) is 31.6 Å². The molecule has 0 saturated carbocycles. The Labute approximate surface area is 168 Å². The van der Waals surface area contributed by atoms with Crippen LogP contribution in [0.15, 0.2) is 30.3 Å². The van der Waals surface area contributed by atoms with Crippen LogP contribution in [-0.4, -0.2) is 43.4 Å². The van der Waals surface area contributed by atoms with Crippen molar-refractivity contribution < 1.29 is 15.8 Å². The molecule has 4 nitrogen and oxygen atoms in total. The molecular formula is C24H28NO3. The largest absolute Gasteiger partial charge is 0.378 e. The van der Waals surface area contributed by atoms with Gasteiger partial charge >= 0.3 is 0 Å². The van der Waals surface area contributed by atoms with E-state index in [1.54, 1.807) is 0 Å². The minimum absolute atomic E-state index is 0. The fraction of sp³-hybridized carbons (Fsp3) is 0.417. The SMILES string of the molecule is C#Cc1ccc2cc(CCC(CCC)C(=O)N3CCOCC3)ccc2c1C=O.[H]. The molecule has 0 N–H and O–H groups in total. The van der Waals surface area contributed by atoms with E-state index in [2.05, 4.69) is 18.9 Å². The summed E-state index contributed by atoms with van der Waals surface area (Å²) in [6, 6.07) is 9.89. The van der Waals surface area contributed by atoms with Crippen LogP contribution in [0.3, 0.4) is 0 Å². The summed E-state index contributed by atoms with van der Waals surface area (Å²) in [6.07, 6.45) is 9.90. The number of benzene rings is 2. The number of fused-ring (bicyclic) bond motifs is 1.